The molecule has 6 heteroatoms. The fraction of sp³-hybridized carbons (Fsp3) is 0.667. The van der Waals surface area contributed by atoms with Crippen molar-refractivity contribution in [1.29, 1.82) is 0 Å². The van der Waals surface area contributed by atoms with Gasteiger partial charge in [0, 0.05) is 0 Å². The monoisotopic (exact) mass is 340 g/mol. The van der Waals surface area contributed by atoms with Crippen LogP contribution in [0.25, 0.3) is 0 Å². The Hall–Kier alpha value is -1.02. The second-order valence-electron chi connectivity index (χ2n) is 6.32. The highest BCUT2D eigenvalue weighted by Crippen LogP contribution is 2.40. The average Bonchev–Trinajstić information content (AvgIpc) is 2.86. The van der Waals surface area contributed by atoms with Gasteiger partial charge in [-0.15, -0.1) is 19.7 Å². The fourth-order valence-corrected chi connectivity index (χ4v) is 3.20. The molecular weight excluding hydrogens is 312 g/mol. The van der Waals surface area contributed by atoms with Crippen molar-refractivity contribution < 1.29 is 28.8 Å². The van der Waals surface area contributed by atoms with Crippen LogP contribution in [-0.4, -0.2) is 67.3 Å². The van der Waals surface area contributed by atoms with E-state index < -0.39 is 42.4 Å². The largest absolute Gasteiger partial charge is 0.387 e. The van der Waals surface area contributed by atoms with Crippen LogP contribution in [0.15, 0.2) is 38.0 Å². The zero-order valence-electron chi connectivity index (χ0n) is 14.4. The molecule has 1 heterocycles. The van der Waals surface area contributed by atoms with Crippen molar-refractivity contribution in [2.45, 2.75) is 56.3 Å². The SMILES string of the molecule is C=CCO[C@@H]1[C@H]2OC(C)(C)O[C@H]2[C@@H](OCC=C)[C@H](O)[C@H]1OCC=C. The highest BCUT2D eigenvalue weighted by molar-refractivity contribution is 5.06. The maximum atomic E-state index is 10.8. The fourth-order valence-electron chi connectivity index (χ4n) is 3.20. The van der Waals surface area contributed by atoms with E-state index in [1.165, 1.54) is 0 Å². The lowest BCUT2D eigenvalue weighted by atomic mass is 9.84. The Morgan fingerprint density at radius 1 is 0.833 bits per heavy atom. The van der Waals surface area contributed by atoms with Crippen LogP contribution in [0.4, 0.5) is 0 Å². The van der Waals surface area contributed by atoms with Gasteiger partial charge in [0.05, 0.1) is 19.8 Å². The molecule has 0 aromatic rings. The lowest BCUT2D eigenvalue weighted by Crippen LogP contribution is -2.64. The van der Waals surface area contributed by atoms with Gasteiger partial charge in [-0.3, -0.25) is 0 Å². The Labute approximate surface area is 143 Å². The third-order valence-electron chi connectivity index (χ3n) is 4.03. The lowest BCUT2D eigenvalue weighted by molar-refractivity contribution is -0.225. The number of aliphatic hydroxyl groups is 1. The summed E-state index contributed by atoms with van der Waals surface area (Å²) in [6.45, 7) is 15.5. The summed E-state index contributed by atoms with van der Waals surface area (Å²) in [6, 6.07) is 0. The first-order chi connectivity index (χ1) is 11.4. The van der Waals surface area contributed by atoms with Gasteiger partial charge in [0.25, 0.3) is 0 Å². The minimum atomic E-state index is -0.932. The van der Waals surface area contributed by atoms with E-state index in [0.717, 1.165) is 0 Å². The van der Waals surface area contributed by atoms with Crippen LogP contribution >= 0.6 is 0 Å². The summed E-state index contributed by atoms with van der Waals surface area (Å²) < 4.78 is 29.4. The first-order valence-electron chi connectivity index (χ1n) is 8.16. The first kappa shape index (κ1) is 19.3. The highest BCUT2D eigenvalue weighted by Gasteiger charge is 2.59. The standard InChI is InChI=1S/C18H28O6/c1-6-9-20-13-12(19)14(21-10-7-2)16-17(15(13)22-11-8-3)24-18(4,5)23-16/h6-8,12-17,19H,1-3,9-11H2,4-5H3/t12-,13-,14+,15+,16+,17-/m1/s1. The maximum absolute atomic E-state index is 10.8. The third-order valence-corrected chi connectivity index (χ3v) is 4.03. The summed E-state index contributed by atoms with van der Waals surface area (Å²) in [4.78, 5) is 0. The van der Waals surface area contributed by atoms with Crippen LogP contribution in [0.3, 0.4) is 0 Å². The summed E-state index contributed by atoms with van der Waals surface area (Å²) in [5.74, 6) is -0.798. The molecule has 1 aliphatic carbocycles. The Kier molecular flexibility index (Phi) is 6.74. The molecule has 2 fully saturated rings. The molecule has 1 N–H and O–H groups in total. The highest BCUT2D eigenvalue weighted by atomic mass is 16.8. The van der Waals surface area contributed by atoms with Crippen LogP contribution in [0.5, 0.6) is 0 Å². The molecule has 0 unspecified atom stereocenters. The Bertz CT molecular complexity index is 449. The van der Waals surface area contributed by atoms with Crippen molar-refractivity contribution in [1.82, 2.24) is 0 Å². The lowest BCUT2D eigenvalue weighted by Gasteiger charge is -2.44. The van der Waals surface area contributed by atoms with Gasteiger partial charge >= 0.3 is 0 Å². The molecular formula is C18H28O6. The molecule has 2 aliphatic rings. The number of hydrogen-bond acceptors (Lipinski definition) is 6. The number of ether oxygens (including phenoxy) is 5. The molecule has 2 rings (SSSR count). The zero-order chi connectivity index (χ0) is 17.7. The Balaban J connectivity index is 2.28. The van der Waals surface area contributed by atoms with E-state index in [4.69, 9.17) is 23.7 Å². The second-order valence-corrected chi connectivity index (χ2v) is 6.32. The van der Waals surface area contributed by atoms with E-state index in [-0.39, 0.29) is 6.61 Å². The van der Waals surface area contributed by atoms with Gasteiger partial charge in [0.15, 0.2) is 5.79 Å². The van der Waals surface area contributed by atoms with E-state index in [0.29, 0.717) is 13.2 Å². The molecule has 136 valence electrons. The van der Waals surface area contributed by atoms with Gasteiger partial charge < -0.3 is 28.8 Å². The van der Waals surface area contributed by atoms with Crippen LogP contribution in [0, 0.1) is 0 Å². The van der Waals surface area contributed by atoms with E-state index >= 15 is 0 Å². The Morgan fingerprint density at radius 2 is 1.25 bits per heavy atom. The topological polar surface area (TPSA) is 66.4 Å². The van der Waals surface area contributed by atoms with Crippen molar-refractivity contribution in [3.05, 3.63) is 38.0 Å². The predicted octanol–water partition coefficient (Wildman–Crippen LogP) is 1.59. The van der Waals surface area contributed by atoms with Gasteiger partial charge in [-0.25, -0.2) is 0 Å². The van der Waals surface area contributed by atoms with Gasteiger partial charge in [-0.1, -0.05) is 18.2 Å². The van der Waals surface area contributed by atoms with E-state index in [1.54, 1.807) is 18.2 Å². The van der Waals surface area contributed by atoms with E-state index in [1.807, 2.05) is 13.8 Å². The number of aliphatic hydroxyl groups excluding tert-OH is 1. The minimum absolute atomic E-state index is 0.283. The number of rotatable bonds is 9. The first-order valence-corrected chi connectivity index (χ1v) is 8.16. The molecule has 0 radical (unpaired) electrons. The summed E-state index contributed by atoms with van der Waals surface area (Å²) in [5.41, 5.74) is 0. The van der Waals surface area contributed by atoms with Gasteiger partial charge in [0.2, 0.25) is 0 Å². The second kappa shape index (κ2) is 8.38. The van der Waals surface area contributed by atoms with Gasteiger partial charge in [-0.2, -0.15) is 0 Å². The predicted molar refractivity (Wildman–Crippen MR) is 89.6 cm³/mol. The van der Waals surface area contributed by atoms with E-state index in [2.05, 4.69) is 19.7 Å². The summed E-state index contributed by atoms with van der Waals surface area (Å²) in [5, 5.41) is 10.8. The molecule has 0 amide bonds. The molecule has 0 spiro atoms. The van der Waals surface area contributed by atoms with Crippen molar-refractivity contribution in [3.8, 4) is 0 Å². The summed E-state index contributed by atoms with van der Waals surface area (Å²) in [6.07, 6.45) is 1.34. The normalized spacial score (nSPS) is 37.6. The number of hydrogen-bond donors (Lipinski definition) is 1. The zero-order valence-corrected chi connectivity index (χ0v) is 14.4. The molecule has 1 saturated heterocycles. The van der Waals surface area contributed by atoms with Crippen molar-refractivity contribution in [3.63, 3.8) is 0 Å². The minimum Gasteiger partial charge on any atom is -0.387 e. The van der Waals surface area contributed by atoms with Crippen molar-refractivity contribution in [2.75, 3.05) is 19.8 Å². The summed E-state index contributed by atoms with van der Waals surface area (Å²) in [7, 11) is 0. The molecule has 1 saturated carbocycles. The van der Waals surface area contributed by atoms with E-state index in [9.17, 15) is 5.11 Å². The molecule has 0 bridgehead atoms. The Morgan fingerprint density at radius 3 is 1.75 bits per heavy atom. The third kappa shape index (κ3) is 4.14. The van der Waals surface area contributed by atoms with Crippen LogP contribution in [0.1, 0.15) is 13.8 Å². The molecule has 6 nitrogen and oxygen atoms in total. The average molecular weight is 340 g/mol. The summed E-state index contributed by atoms with van der Waals surface area (Å²) >= 11 is 0. The van der Waals surface area contributed by atoms with Gasteiger partial charge in [-0.05, 0) is 13.8 Å². The number of fused-ring (bicyclic) bond motifs is 1. The quantitative estimate of drug-likeness (QED) is 0.643. The smallest absolute Gasteiger partial charge is 0.164 e. The molecule has 0 aromatic heterocycles. The maximum Gasteiger partial charge on any atom is 0.164 e. The van der Waals surface area contributed by atoms with Crippen LogP contribution < -0.4 is 0 Å². The van der Waals surface area contributed by atoms with Crippen LogP contribution in [-0.2, 0) is 23.7 Å². The van der Waals surface area contributed by atoms with Gasteiger partial charge in [0.1, 0.15) is 36.6 Å². The molecule has 1 aliphatic heterocycles. The molecule has 0 aromatic carbocycles. The van der Waals surface area contributed by atoms with Crippen molar-refractivity contribution >= 4 is 0 Å². The van der Waals surface area contributed by atoms with Crippen LogP contribution in [0.2, 0.25) is 0 Å². The molecule has 24 heavy (non-hydrogen) atoms. The molecule has 6 atom stereocenters. The van der Waals surface area contributed by atoms with Crippen molar-refractivity contribution in [2.24, 2.45) is 0 Å².